The zero-order valence-corrected chi connectivity index (χ0v) is 15.2. The number of nitrogens with one attached hydrogen (secondary N) is 1. The molecule has 26 heavy (non-hydrogen) atoms. The highest BCUT2D eigenvalue weighted by Crippen LogP contribution is 2.36. The second-order valence-electron chi connectivity index (χ2n) is 7.72. The predicted octanol–water partition coefficient (Wildman–Crippen LogP) is 2.39. The van der Waals surface area contributed by atoms with Crippen LogP contribution in [0.3, 0.4) is 0 Å². The molecule has 6 heteroatoms. The molecule has 1 aromatic rings. The number of urea groups is 1. The van der Waals surface area contributed by atoms with Crippen LogP contribution in [0.15, 0.2) is 24.3 Å². The summed E-state index contributed by atoms with van der Waals surface area (Å²) in [6.45, 7) is -0.179. The van der Waals surface area contributed by atoms with Gasteiger partial charge in [-0.3, -0.25) is 14.5 Å². The lowest BCUT2D eigenvalue weighted by Gasteiger charge is -2.34. The van der Waals surface area contributed by atoms with Crippen molar-refractivity contribution in [1.82, 2.24) is 15.1 Å². The number of carbonyl (C=O) groups excluding carboxylic acids is 3. The molecule has 1 spiro atoms. The topological polar surface area (TPSA) is 69.7 Å². The number of benzene rings is 1. The molecular formula is C20H25N3O3. The van der Waals surface area contributed by atoms with Gasteiger partial charge < -0.3 is 10.2 Å². The van der Waals surface area contributed by atoms with E-state index in [0.717, 1.165) is 37.0 Å². The Kier molecular flexibility index (Phi) is 4.21. The van der Waals surface area contributed by atoms with Crippen LogP contribution in [0.2, 0.25) is 0 Å². The monoisotopic (exact) mass is 355 g/mol. The summed E-state index contributed by atoms with van der Waals surface area (Å²) in [5.74, 6) is -0.420. The normalized spacial score (nSPS) is 23.9. The average Bonchev–Trinajstić information content (AvgIpc) is 3.21. The van der Waals surface area contributed by atoms with Crippen LogP contribution in [-0.2, 0) is 16.0 Å². The van der Waals surface area contributed by atoms with Crippen molar-refractivity contribution in [3.63, 3.8) is 0 Å². The number of imide groups is 1. The van der Waals surface area contributed by atoms with E-state index >= 15 is 0 Å². The van der Waals surface area contributed by atoms with Crippen molar-refractivity contribution in [3.05, 3.63) is 35.4 Å². The lowest BCUT2D eigenvalue weighted by atomic mass is 9.87. The highest BCUT2D eigenvalue weighted by Gasteiger charge is 2.52. The van der Waals surface area contributed by atoms with Crippen molar-refractivity contribution < 1.29 is 14.4 Å². The van der Waals surface area contributed by atoms with Crippen molar-refractivity contribution in [1.29, 1.82) is 0 Å². The van der Waals surface area contributed by atoms with Gasteiger partial charge in [-0.25, -0.2) is 4.79 Å². The minimum atomic E-state index is -0.757. The minimum Gasteiger partial charge on any atom is -0.337 e. The fraction of sp³-hybridized carbons (Fsp3) is 0.550. The van der Waals surface area contributed by atoms with Crippen molar-refractivity contribution in [3.8, 4) is 0 Å². The van der Waals surface area contributed by atoms with Gasteiger partial charge in [-0.2, -0.15) is 0 Å². The number of amides is 4. The third-order valence-electron chi connectivity index (χ3n) is 6.20. The molecule has 0 aromatic heterocycles. The summed E-state index contributed by atoms with van der Waals surface area (Å²) in [5, 5.41) is 2.84. The van der Waals surface area contributed by atoms with Crippen LogP contribution in [0.25, 0.3) is 0 Å². The molecule has 2 aliphatic carbocycles. The molecule has 6 nitrogen and oxygen atoms in total. The van der Waals surface area contributed by atoms with Crippen LogP contribution in [0, 0.1) is 0 Å². The Balaban J connectivity index is 1.49. The van der Waals surface area contributed by atoms with E-state index in [1.165, 1.54) is 11.1 Å². The molecule has 3 aliphatic rings. The number of hydrogen-bond acceptors (Lipinski definition) is 3. The van der Waals surface area contributed by atoms with Crippen LogP contribution < -0.4 is 5.32 Å². The molecule has 0 bridgehead atoms. The first-order chi connectivity index (χ1) is 12.5. The maximum atomic E-state index is 12.9. The number of nitrogens with zero attached hydrogens (tertiary/aromatic N) is 2. The lowest BCUT2D eigenvalue weighted by molar-refractivity contribution is -0.139. The summed E-state index contributed by atoms with van der Waals surface area (Å²) in [6, 6.07) is 7.79. The Hall–Kier alpha value is -2.37. The molecule has 1 N–H and O–H groups in total. The van der Waals surface area contributed by atoms with E-state index in [4.69, 9.17) is 0 Å². The first-order valence-corrected chi connectivity index (χ1v) is 9.49. The SMILES string of the molecule is CN(C(=O)CN1C(=O)NC2(CCCC2)C1=O)[C@H]1CCCc2ccccc21. The van der Waals surface area contributed by atoms with Gasteiger partial charge in [0.15, 0.2) is 0 Å². The number of likely N-dealkylation sites (N-methyl/N-ethyl adjacent to an activating group) is 1. The standard InChI is InChI=1S/C20H25N3O3/c1-22(16-10-6-8-14-7-2-3-9-15(14)16)17(24)13-23-18(25)20(21-19(23)26)11-4-5-12-20/h2-3,7,9,16H,4-6,8,10-13H2,1H3,(H,21,26)/t16-/m0/s1. The Morgan fingerprint density at radius 3 is 2.73 bits per heavy atom. The summed E-state index contributed by atoms with van der Waals surface area (Å²) in [6.07, 6.45) is 6.19. The highest BCUT2D eigenvalue weighted by atomic mass is 16.2. The van der Waals surface area contributed by atoms with E-state index in [-0.39, 0.29) is 24.4 Å². The van der Waals surface area contributed by atoms with Gasteiger partial charge in [-0.1, -0.05) is 37.1 Å². The zero-order chi connectivity index (χ0) is 18.3. The van der Waals surface area contributed by atoms with Gasteiger partial charge in [0.1, 0.15) is 12.1 Å². The smallest absolute Gasteiger partial charge is 0.325 e. The largest absolute Gasteiger partial charge is 0.337 e. The molecule has 1 aliphatic heterocycles. The van der Waals surface area contributed by atoms with Crippen LogP contribution >= 0.6 is 0 Å². The van der Waals surface area contributed by atoms with Gasteiger partial charge in [-0.05, 0) is 43.2 Å². The molecule has 1 saturated carbocycles. The van der Waals surface area contributed by atoms with Gasteiger partial charge >= 0.3 is 6.03 Å². The second kappa shape index (κ2) is 6.41. The van der Waals surface area contributed by atoms with E-state index in [1.807, 2.05) is 12.1 Å². The van der Waals surface area contributed by atoms with Crippen LogP contribution in [0.5, 0.6) is 0 Å². The summed E-state index contributed by atoms with van der Waals surface area (Å²) >= 11 is 0. The van der Waals surface area contributed by atoms with E-state index in [9.17, 15) is 14.4 Å². The molecule has 138 valence electrons. The molecule has 1 saturated heterocycles. The maximum Gasteiger partial charge on any atom is 0.325 e. The molecule has 1 heterocycles. The van der Waals surface area contributed by atoms with Crippen molar-refractivity contribution in [2.45, 2.75) is 56.5 Å². The van der Waals surface area contributed by atoms with E-state index in [0.29, 0.717) is 12.8 Å². The first-order valence-electron chi connectivity index (χ1n) is 9.49. The number of carbonyl (C=O) groups is 3. The predicted molar refractivity (Wildman–Crippen MR) is 96.3 cm³/mol. The first kappa shape index (κ1) is 17.1. The Morgan fingerprint density at radius 1 is 1.23 bits per heavy atom. The third-order valence-corrected chi connectivity index (χ3v) is 6.20. The summed E-state index contributed by atoms with van der Waals surface area (Å²) < 4.78 is 0. The number of fused-ring (bicyclic) bond motifs is 1. The fourth-order valence-electron chi connectivity index (χ4n) is 4.69. The summed E-state index contributed by atoms with van der Waals surface area (Å²) in [5.41, 5.74) is 1.70. The van der Waals surface area contributed by atoms with Gasteiger partial charge in [0.05, 0.1) is 6.04 Å². The molecule has 1 aromatic carbocycles. The molecule has 1 atom stereocenters. The van der Waals surface area contributed by atoms with Crippen molar-refractivity contribution >= 4 is 17.8 Å². The Labute approximate surface area is 153 Å². The summed E-state index contributed by atoms with van der Waals surface area (Å²) in [4.78, 5) is 40.7. The van der Waals surface area contributed by atoms with Gasteiger partial charge in [0.25, 0.3) is 5.91 Å². The van der Waals surface area contributed by atoms with Gasteiger partial charge in [0, 0.05) is 7.05 Å². The molecule has 4 rings (SSSR count). The number of rotatable bonds is 3. The molecular weight excluding hydrogens is 330 g/mol. The second-order valence-corrected chi connectivity index (χ2v) is 7.72. The van der Waals surface area contributed by atoms with E-state index < -0.39 is 11.6 Å². The summed E-state index contributed by atoms with van der Waals surface area (Å²) in [7, 11) is 1.78. The zero-order valence-electron chi connectivity index (χ0n) is 15.2. The third kappa shape index (κ3) is 2.68. The molecule has 0 unspecified atom stereocenters. The average molecular weight is 355 g/mol. The molecule has 0 radical (unpaired) electrons. The number of hydrogen-bond donors (Lipinski definition) is 1. The van der Waals surface area contributed by atoms with E-state index in [2.05, 4.69) is 17.4 Å². The van der Waals surface area contributed by atoms with Gasteiger partial charge in [-0.15, -0.1) is 0 Å². The highest BCUT2D eigenvalue weighted by molar-refractivity contribution is 6.09. The molecule has 4 amide bonds. The minimum absolute atomic E-state index is 0.00802. The van der Waals surface area contributed by atoms with E-state index in [1.54, 1.807) is 11.9 Å². The quantitative estimate of drug-likeness (QED) is 0.847. The van der Waals surface area contributed by atoms with Crippen LogP contribution in [0.4, 0.5) is 4.79 Å². The van der Waals surface area contributed by atoms with Crippen LogP contribution in [0.1, 0.15) is 55.7 Å². The van der Waals surface area contributed by atoms with Crippen LogP contribution in [-0.4, -0.2) is 46.8 Å². The molecule has 2 fully saturated rings. The maximum absolute atomic E-state index is 12.9. The number of aryl methyl sites for hydroxylation is 1. The Morgan fingerprint density at radius 2 is 1.96 bits per heavy atom. The van der Waals surface area contributed by atoms with Crippen molar-refractivity contribution in [2.75, 3.05) is 13.6 Å². The fourth-order valence-corrected chi connectivity index (χ4v) is 4.69. The lowest BCUT2D eigenvalue weighted by Crippen LogP contribution is -2.46. The Bertz CT molecular complexity index is 754. The van der Waals surface area contributed by atoms with Gasteiger partial charge in [0.2, 0.25) is 5.91 Å². The van der Waals surface area contributed by atoms with Crippen molar-refractivity contribution in [2.24, 2.45) is 0 Å².